The molecular weight excluding hydrogens is 248 g/mol. The van der Waals surface area contributed by atoms with Gasteiger partial charge in [-0.3, -0.25) is 4.79 Å². The molecule has 0 aromatic heterocycles. The Morgan fingerprint density at radius 2 is 1.58 bits per heavy atom. The van der Waals surface area contributed by atoms with E-state index in [1.54, 1.807) is 27.7 Å². The maximum Gasteiger partial charge on any atom is 0.508 e. The average molecular weight is 274 g/mol. The molecule has 0 bridgehead atoms. The summed E-state index contributed by atoms with van der Waals surface area (Å²) >= 11 is 0. The van der Waals surface area contributed by atoms with Crippen LogP contribution in [-0.4, -0.2) is 31.4 Å². The van der Waals surface area contributed by atoms with Crippen molar-refractivity contribution in [1.29, 1.82) is 0 Å². The molecule has 0 saturated carbocycles. The number of rotatable bonds is 7. The lowest BCUT2D eigenvalue weighted by Gasteiger charge is -2.32. The van der Waals surface area contributed by atoms with Gasteiger partial charge in [-0.15, -0.1) is 0 Å². The summed E-state index contributed by atoms with van der Waals surface area (Å²) in [7, 11) is 0. The van der Waals surface area contributed by atoms with Crippen LogP contribution in [0.4, 0.5) is 4.79 Å². The van der Waals surface area contributed by atoms with Gasteiger partial charge >= 0.3 is 12.1 Å². The van der Waals surface area contributed by atoms with Crippen molar-refractivity contribution < 1.29 is 23.8 Å². The van der Waals surface area contributed by atoms with Gasteiger partial charge in [-0.2, -0.15) is 0 Å². The molecule has 0 amide bonds. The summed E-state index contributed by atoms with van der Waals surface area (Å²) in [6, 6.07) is 0. The van der Waals surface area contributed by atoms with Crippen molar-refractivity contribution in [2.24, 2.45) is 11.3 Å². The van der Waals surface area contributed by atoms with Gasteiger partial charge in [-0.05, 0) is 40.0 Å². The fourth-order valence-electron chi connectivity index (χ4n) is 1.63. The predicted molar refractivity (Wildman–Crippen MR) is 71.8 cm³/mol. The lowest BCUT2D eigenvalue weighted by atomic mass is 9.82. The van der Waals surface area contributed by atoms with E-state index >= 15 is 0 Å². The average Bonchev–Trinajstić information content (AvgIpc) is 2.28. The maximum absolute atomic E-state index is 12.0. The SMILES string of the molecule is CCOC(=O)OC(CC(C)C)C(C)(C)C(=O)OCC. The van der Waals surface area contributed by atoms with Crippen LogP contribution in [0.3, 0.4) is 0 Å². The van der Waals surface area contributed by atoms with E-state index in [1.807, 2.05) is 13.8 Å². The Morgan fingerprint density at radius 3 is 2.00 bits per heavy atom. The third-order valence-electron chi connectivity index (χ3n) is 2.79. The van der Waals surface area contributed by atoms with Gasteiger partial charge in [-0.1, -0.05) is 13.8 Å². The second-order valence-corrected chi connectivity index (χ2v) is 5.36. The van der Waals surface area contributed by atoms with Crippen LogP contribution in [0.2, 0.25) is 0 Å². The largest absolute Gasteiger partial charge is 0.508 e. The summed E-state index contributed by atoms with van der Waals surface area (Å²) in [5.41, 5.74) is -0.896. The lowest BCUT2D eigenvalue weighted by Crippen LogP contribution is -2.42. The van der Waals surface area contributed by atoms with Gasteiger partial charge in [0.2, 0.25) is 0 Å². The molecule has 1 atom stereocenters. The van der Waals surface area contributed by atoms with E-state index in [0.29, 0.717) is 13.0 Å². The first-order valence-corrected chi connectivity index (χ1v) is 6.76. The molecule has 0 aliphatic rings. The quantitative estimate of drug-likeness (QED) is 0.667. The molecule has 0 fully saturated rings. The van der Waals surface area contributed by atoms with Gasteiger partial charge < -0.3 is 14.2 Å². The van der Waals surface area contributed by atoms with Crippen LogP contribution in [0, 0.1) is 11.3 Å². The summed E-state index contributed by atoms with van der Waals surface area (Å²) in [6.07, 6.45) is -0.735. The summed E-state index contributed by atoms with van der Waals surface area (Å²) in [6.45, 7) is 11.4. The fraction of sp³-hybridized carbons (Fsp3) is 0.857. The van der Waals surface area contributed by atoms with Crippen molar-refractivity contribution in [2.45, 2.75) is 54.1 Å². The zero-order valence-electron chi connectivity index (χ0n) is 12.8. The molecule has 19 heavy (non-hydrogen) atoms. The smallest absolute Gasteiger partial charge is 0.465 e. The van der Waals surface area contributed by atoms with E-state index in [2.05, 4.69) is 0 Å². The summed E-state index contributed by atoms with van der Waals surface area (Å²) in [5.74, 6) is -0.0851. The van der Waals surface area contributed by atoms with Gasteiger partial charge in [0.05, 0.1) is 18.6 Å². The molecule has 0 heterocycles. The van der Waals surface area contributed by atoms with Crippen LogP contribution in [0.5, 0.6) is 0 Å². The Hall–Kier alpha value is -1.26. The summed E-state index contributed by atoms with van der Waals surface area (Å²) in [5, 5.41) is 0. The Bertz CT molecular complexity index is 296. The first-order valence-electron chi connectivity index (χ1n) is 6.76. The van der Waals surface area contributed by atoms with Crippen LogP contribution in [0.15, 0.2) is 0 Å². The van der Waals surface area contributed by atoms with Crippen molar-refractivity contribution in [3.05, 3.63) is 0 Å². The highest BCUT2D eigenvalue weighted by Crippen LogP contribution is 2.30. The van der Waals surface area contributed by atoms with Crippen LogP contribution in [0.1, 0.15) is 48.0 Å². The highest BCUT2D eigenvalue weighted by atomic mass is 16.7. The number of hydrogen-bond acceptors (Lipinski definition) is 5. The summed E-state index contributed by atoms with van der Waals surface area (Å²) in [4.78, 5) is 23.4. The first-order chi connectivity index (χ1) is 8.75. The van der Waals surface area contributed by atoms with E-state index in [0.717, 1.165) is 0 Å². The number of carbonyl (C=O) groups excluding carboxylic acids is 2. The molecule has 0 aliphatic heterocycles. The maximum atomic E-state index is 12.0. The van der Waals surface area contributed by atoms with Crippen molar-refractivity contribution in [3.8, 4) is 0 Å². The Morgan fingerprint density at radius 1 is 1.05 bits per heavy atom. The molecule has 0 aromatic rings. The van der Waals surface area contributed by atoms with E-state index in [-0.39, 0.29) is 18.5 Å². The van der Waals surface area contributed by atoms with Crippen molar-refractivity contribution in [3.63, 3.8) is 0 Å². The van der Waals surface area contributed by atoms with E-state index in [1.165, 1.54) is 0 Å². The Balaban J connectivity index is 4.90. The normalized spacial score (nSPS) is 13.0. The molecule has 1 unspecified atom stereocenters. The van der Waals surface area contributed by atoms with E-state index in [4.69, 9.17) is 14.2 Å². The third-order valence-corrected chi connectivity index (χ3v) is 2.79. The van der Waals surface area contributed by atoms with E-state index in [9.17, 15) is 9.59 Å². The van der Waals surface area contributed by atoms with Crippen molar-refractivity contribution in [2.75, 3.05) is 13.2 Å². The topological polar surface area (TPSA) is 61.8 Å². The highest BCUT2D eigenvalue weighted by molar-refractivity contribution is 5.77. The Kier molecular flexibility index (Phi) is 7.49. The van der Waals surface area contributed by atoms with Gasteiger partial charge in [0.15, 0.2) is 0 Å². The predicted octanol–water partition coefficient (Wildman–Crippen LogP) is 3.16. The zero-order chi connectivity index (χ0) is 15.1. The van der Waals surface area contributed by atoms with Crippen molar-refractivity contribution in [1.82, 2.24) is 0 Å². The number of esters is 1. The second kappa shape index (κ2) is 8.02. The molecule has 0 saturated heterocycles. The fourth-order valence-corrected chi connectivity index (χ4v) is 1.63. The van der Waals surface area contributed by atoms with Crippen molar-refractivity contribution >= 4 is 12.1 Å². The minimum Gasteiger partial charge on any atom is -0.465 e. The number of hydrogen-bond donors (Lipinski definition) is 0. The molecule has 0 aromatic carbocycles. The van der Waals surface area contributed by atoms with Crippen LogP contribution in [-0.2, 0) is 19.0 Å². The molecule has 0 spiro atoms. The minimum atomic E-state index is -0.896. The van der Waals surface area contributed by atoms with Gasteiger partial charge in [0.1, 0.15) is 6.10 Å². The lowest BCUT2D eigenvalue weighted by molar-refractivity contribution is -0.161. The zero-order valence-corrected chi connectivity index (χ0v) is 12.8. The molecule has 0 radical (unpaired) electrons. The molecule has 5 nitrogen and oxygen atoms in total. The molecule has 0 N–H and O–H groups in total. The summed E-state index contributed by atoms with van der Waals surface area (Å²) < 4.78 is 15.1. The molecule has 0 rings (SSSR count). The van der Waals surface area contributed by atoms with Crippen LogP contribution >= 0.6 is 0 Å². The molecule has 0 aliphatic carbocycles. The van der Waals surface area contributed by atoms with Crippen LogP contribution in [0.25, 0.3) is 0 Å². The standard InChI is InChI=1S/C14H26O5/c1-7-17-12(15)14(5,6)11(9-10(3)4)19-13(16)18-8-2/h10-11H,7-9H2,1-6H3. The first kappa shape index (κ1) is 17.7. The molecule has 5 heteroatoms. The van der Waals surface area contributed by atoms with Gasteiger partial charge in [-0.25, -0.2) is 4.79 Å². The van der Waals surface area contributed by atoms with E-state index < -0.39 is 17.7 Å². The third kappa shape index (κ3) is 5.94. The van der Waals surface area contributed by atoms with Gasteiger partial charge in [0, 0.05) is 0 Å². The van der Waals surface area contributed by atoms with Crippen LogP contribution < -0.4 is 0 Å². The van der Waals surface area contributed by atoms with Gasteiger partial charge in [0.25, 0.3) is 0 Å². The second-order valence-electron chi connectivity index (χ2n) is 5.36. The number of ether oxygens (including phenoxy) is 3. The Labute approximate surface area is 115 Å². The molecular formula is C14H26O5. The minimum absolute atomic E-state index is 0.243. The number of carbonyl (C=O) groups is 2. The highest BCUT2D eigenvalue weighted by Gasteiger charge is 2.41. The monoisotopic (exact) mass is 274 g/mol. The molecule has 112 valence electrons.